The number of rotatable bonds is 6. The van der Waals surface area contributed by atoms with Gasteiger partial charge in [0.15, 0.2) is 5.69 Å². The predicted octanol–water partition coefficient (Wildman–Crippen LogP) is 1.63. The van der Waals surface area contributed by atoms with Crippen LogP contribution in [0.5, 0.6) is 0 Å². The highest BCUT2D eigenvalue weighted by Crippen LogP contribution is 2.28. The number of benzene rings is 1. The number of nitrogens with one attached hydrogen (secondary N) is 1. The number of hydrogen-bond donors (Lipinski definition) is 2. The SMILES string of the molecule is Nc1nonc1-n1nnc(C(=O)NN=Cc2cccs2)c1-c1ccc([N+](=O)[O-])cc1. The van der Waals surface area contributed by atoms with Crippen LogP contribution in [0.15, 0.2) is 51.5 Å². The molecule has 3 heterocycles. The number of carbonyl (C=O) groups excluding carboxylic acids is 1. The van der Waals surface area contributed by atoms with Gasteiger partial charge in [-0.15, -0.1) is 16.4 Å². The molecule has 0 aliphatic rings. The van der Waals surface area contributed by atoms with E-state index in [1.54, 1.807) is 0 Å². The van der Waals surface area contributed by atoms with Crippen molar-refractivity contribution in [1.82, 2.24) is 30.7 Å². The number of nitro groups is 1. The Bertz CT molecular complexity index is 1230. The molecule has 30 heavy (non-hydrogen) atoms. The molecule has 3 N–H and O–H groups in total. The van der Waals surface area contributed by atoms with Crippen molar-refractivity contribution in [3.8, 4) is 17.1 Å². The highest BCUT2D eigenvalue weighted by atomic mass is 32.1. The van der Waals surface area contributed by atoms with Gasteiger partial charge in [-0.05, 0) is 33.9 Å². The summed E-state index contributed by atoms with van der Waals surface area (Å²) in [7, 11) is 0. The molecule has 0 unspecified atom stereocenters. The Kier molecular flexibility index (Phi) is 4.96. The molecule has 0 atom stereocenters. The number of non-ortho nitro benzene ring substituents is 1. The van der Waals surface area contributed by atoms with Crippen LogP contribution in [0.1, 0.15) is 15.4 Å². The van der Waals surface area contributed by atoms with Gasteiger partial charge in [-0.1, -0.05) is 11.3 Å². The largest absolute Gasteiger partial charge is 0.378 e. The Hall–Kier alpha value is -4.46. The Morgan fingerprint density at radius 2 is 2.10 bits per heavy atom. The molecule has 0 spiro atoms. The average molecular weight is 425 g/mol. The van der Waals surface area contributed by atoms with Crippen LogP contribution >= 0.6 is 11.3 Å². The Morgan fingerprint density at radius 1 is 1.30 bits per heavy atom. The summed E-state index contributed by atoms with van der Waals surface area (Å²) in [5, 5.41) is 31.7. The highest BCUT2D eigenvalue weighted by Gasteiger charge is 2.25. The molecular weight excluding hydrogens is 414 g/mol. The second-order valence-electron chi connectivity index (χ2n) is 5.69. The lowest BCUT2D eigenvalue weighted by Gasteiger charge is -2.05. The van der Waals surface area contributed by atoms with Crippen LogP contribution in [0, 0.1) is 10.1 Å². The van der Waals surface area contributed by atoms with E-state index in [0.29, 0.717) is 5.56 Å². The lowest BCUT2D eigenvalue weighted by atomic mass is 10.1. The number of thiophene rings is 1. The number of anilines is 1. The summed E-state index contributed by atoms with van der Waals surface area (Å²) in [6, 6.07) is 9.15. The van der Waals surface area contributed by atoms with E-state index in [1.807, 2.05) is 17.5 Å². The summed E-state index contributed by atoms with van der Waals surface area (Å²) in [4.78, 5) is 23.9. The lowest BCUT2D eigenvalue weighted by molar-refractivity contribution is -0.384. The first-order chi connectivity index (χ1) is 14.5. The zero-order valence-electron chi connectivity index (χ0n) is 14.9. The van der Waals surface area contributed by atoms with Crippen molar-refractivity contribution >= 4 is 35.0 Å². The van der Waals surface area contributed by atoms with E-state index in [1.165, 1.54) is 41.8 Å². The quantitative estimate of drug-likeness (QED) is 0.263. The van der Waals surface area contributed by atoms with Gasteiger partial charge in [0.2, 0.25) is 11.6 Å². The van der Waals surface area contributed by atoms with Crippen LogP contribution in [0.4, 0.5) is 11.5 Å². The third-order valence-electron chi connectivity index (χ3n) is 3.83. The number of hydrogen-bond acceptors (Lipinski definition) is 11. The highest BCUT2D eigenvalue weighted by molar-refractivity contribution is 7.11. The first-order valence-corrected chi connectivity index (χ1v) is 9.08. The van der Waals surface area contributed by atoms with Crippen LogP contribution in [-0.2, 0) is 0 Å². The van der Waals surface area contributed by atoms with E-state index in [-0.39, 0.29) is 28.7 Å². The van der Waals surface area contributed by atoms with E-state index < -0.39 is 10.8 Å². The standard InChI is InChI=1S/C16H11N9O4S/c17-14-15(22-29-21-14)24-13(9-3-5-10(6-4-9)25(27)28)12(19-23-24)16(26)20-18-8-11-2-1-7-30-11/h1-8H,(H2,17,21)(H,20,26). The number of aromatic nitrogens is 5. The van der Waals surface area contributed by atoms with E-state index >= 15 is 0 Å². The molecular formula is C16H11N9O4S. The third kappa shape index (κ3) is 3.61. The van der Waals surface area contributed by atoms with E-state index in [9.17, 15) is 14.9 Å². The van der Waals surface area contributed by atoms with Crippen molar-refractivity contribution in [2.75, 3.05) is 5.73 Å². The van der Waals surface area contributed by atoms with Crippen molar-refractivity contribution in [2.24, 2.45) is 5.10 Å². The maximum Gasteiger partial charge on any atom is 0.294 e. The average Bonchev–Trinajstić information content (AvgIpc) is 3.48. The van der Waals surface area contributed by atoms with Crippen LogP contribution < -0.4 is 11.2 Å². The first kappa shape index (κ1) is 18.9. The predicted molar refractivity (Wildman–Crippen MR) is 105 cm³/mol. The second kappa shape index (κ2) is 7.88. The zero-order chi connectivity index (χ0) is 21.1. The van der Waals surface area contributed by atoms with Crippen molar-refractivity contribution in [3.05, 3.63) is 62.5 Å². The van der Waals surface area contributed by atoms with Crippen molar-refractivity contribution < 1.29 is 14.3 Å². The summed E-state index contributed by atoms with van der Waals surface area (Å²) in [5.74, 6) is -0.722. The smallest absolute Gasteiger partial charge is 0.294 e. The molecule has 14 heteroatoms. The molecule has 0 bridgehead atoms. The number of carbonyl (C=O) groups is 1. The minimum Gasteiger partial charge on any atom is -0.378 e. The van der Waals surface area contributed by atoms with Crippen molar-refractivity contribution in [1.29, 1.82) is 0 Å². The molecule has 4 aromatic rings. The van der Waals surface area contributed by atoms with E-state index in [0.717, 1.165) is 9.56 Å². The van der Waals surface area contributed by atoms with Gasteiger partial charge in [0, 0.05) is 22.6 Å². The summed E-state index contributed by atoms with van der Waals surface area (Å²) < 4.78 is 5.75. The molecule has 13 nitrogen and oxygen atoms in total. The first-order valence-electron chi connectivity index (χ1n) is 8.20. The molecule has 4 rings (SSSR count). The Morgan fingerprint density at radius 3 is 2.73 bits per heavy atom. The van der Waals surface area contributed by atoms with Crippen LogP contribution in [-0.4, -0.2) is 42.4 Å². The second-order valence-corrected chi connectivity index (χ2v) is 6.67. The Balaban J connectivity index is 1.73. The van der Waals surface area contributed by atoms with Crippen LogP contribution in [0.25, 0.3) is 17.1 Å². The molecule has 0 aliphatic carbocycles. The van der Waals surface area contributed by atoms with Gasteiger partial charge >= 0.3 is 0 Å². The lowest BCUT2D eigenvalue weighted by Crippen LogP contribution is -2.19. The van der Waals surface area contributed by atoms with Crippen LogP contribution in [0.2, 0.25) is 0 Å². The number of amides is 1. The third-order valence-corrected chi connectivity index (χ3v) is 4.64. The molecule has 150 valence electrons. The van der Waals surface area contributed by atoms with Gasteiger partial charge in [0.05, 0.1) is 11.1 Å². The van der Waals surface area contributed by atoms with E-state index in [4.69, 9.17) is 5.73 Å². The summed E-state index contributed by atoms with van der Waals surface area (Å²) in [6.45, 7) is 0. The summed E-state index contributed by atoms with van der Waals surface area (Å²) in [6.07, 6.45) is 1.48. The molecule has 1 amide bonds. The maximum atomic E-state index is 12.7. The van der Waals surface area contributed by atoms with Crippen LogP contribution in [0.3, 0.4) is 0 Å². The fourth-order valence-corrected chi connectivity index (χ4v) is 3.08. The number of hydrazone groups is 1. The number of nitrogens with two attached hydrogens (primary N) is 1. The topological polar surface area (TPSA) is 180 Å². The van der Waals surface area contributed by atoms with Crippen molar-refractivity contribution in [2.45, 2.75) is 0 Å². The van der Waals surface area contributed by atoms with Crippen molar-refractivity contribution in [3.63, 3.8) is 0 Å². The fourth-order valence-electron chi connectivity index (χ4n) is 2.49. The zero-order valence-corrected chi connectivity index (χ0v) is 15.7. The molecule has 1 aromatic carbocycles. The number of nitro benzene ring substituents is 1. The van der Waals surface area contributed by atoms with E-state index in [2.05, 4.69) is 35.8 Å². The van der Waals surface area contributed by atoms with Gasteiger partial charge in [-0.2, -0.15) is 9.78 Å². The molecule has 0 radical (unpaired) electrons. The Labute approximate surface area is 170 Å². The number of nitrogens with zero attached hydrogens (tertiary/aromatic N) is 7. The molecule has 0 saturated carbocycles. The summed E-state index contributed by atoms with van der Waals surface area (Å²) in [5.41, 5.74) is 8.47. The normalized spacial score (nSPS) is 11.1. The van der Waals surface area contributed by atoms with Gasteiger partial charge < -0.3 is 5.73 Å². The van der Waals surface area contributed by atoms with Gasteiger partial charge in [0.1, 0.15) is 5.69 Å². The maximum absolute atomic E-state index is 12.7. The molecule has 0 fully saturated rings. The summed E-state index contributed by atoms with van der Waals surface area (Å²) >= 11 is 1.45. The van der Waals surface area contributed by atoms with Gasteiger partial charge in [-0.25, -0.2) is 10.1 Å². The molecule has 0 aliphatic heterocycles. The molecule has 3 aromatic heterocycles. The molecule has 0 saturated heterocycles. The van der Waals surface area contributed by atoms with Gasteiger partial charge in [-0.3, -0.25) is 14.9 Å². The monoisotopic (exact) mass is 425 g/mol. The minimum atomic E-state index is -0.655. The van der Waals surface area contributed by atoms with Gasteiger partial charge in [0.25, 0.3) is 11.6 Å². The fraction of sp³-hybridized carbons (Fsp3) is 0. The minimum absolute atomic E-state index is 0.0111. The number of nitrogen functional groups attached to an aromatic ring is 1.